The van der Waals surface area contributed by atoms with E-state index in [4.69, 9.17) is 11.6 Å². The average Bonchev–Trinajstić information content (AvgIpc) is 3.27. The Hall–Kier alpha value is -1.96. The molecule has 1 aliphatic heterocycles. The quantitative estimate of drug-likeness (QED) is 0.707. The number of rotatable bonds is 5. The van der Waals surface area contributed by atoms with Crippen molar-refractivity contribution < 1.29 is 4.79 Å². The smallest absolute Gasteiger partial charge is 0.287 e. The number of thiophene rings is 1. The number of nitrogens with zero attached hydrogens (tertiary/aromatic N) is 4. The summed E-state index contributed by atoms with van der Waals surface area (Å²) in [5.74, 6) is 0.276. The van der Waals surface area contributed by atoms with Crippen LogP contribution in [0.2, 0.25) is 5.02 Å². The molecule has 0 spiro atoms. The van der Waals surface area contributed by atoms with E-state index in [1.54, 1.807) is 29.8 Å². The molecule has 0 aliphatic carbocycles. The first-order valence-corrected chi connectivity index (χ1v) is 10.4. The number of likely N-dealkylation sites (tertiary alicyclic amines) is 1. The molecule has 0 aromatic carbocycles. The molecule has 0 bridgehead atoms. The van der Waals surface area contributed by atoms with Crippen molar-refractivity contribution in [3.8, 4) is 10.6 Å². The molecule has 3 aromatic rings. The maximum absolute atomic E-state index is 12.5. The Bertz CT molecular complexity index is 960. The summed E-state index contributed by atoms with van der Waals surface area (Å²) in [6.45, 7) is 3.79. The summed E-state index contributed by atoms with van der Waals surface area (Å²) in [5.41, 5.74) is 1.74. The summed E-state index contributed by atoms with van der Waals surface area (Å²) in [6, 6.07) is 3.77. The minimum Gasteiger partial charge on any atom is -0.348 e. The number of amides is 1. The number of nitrogens with one attached hydrogen (secondary N) is 1. The number of aromatic nitrogens is 3. The van der Waals surface area contributed by atoms with Crippen LogP contribution in [0.25, 0.3) is 20.8 Å². The minimum atomic E-state index is -0.141. The normalized spacial score (nSPS) is 15.3. The highest BCUT2D eigenvalue weighted by molar-refractivity contribution is 7.22. The van der Waals surface area contributed by atoms with Gasteiger partial charge in [0.1, 0.15) is 0 Å². The molecule has 0 saturated carbocycles. The number of carbonyl (C=O) groups excluding carboxylic acids is 1. The standard InChI is InChI=1S/C19H22ClN5OS/c1-24-15(16-11-14-17(27-16)13(20)5-6-21-14)12-23-18(24)19(26)22-7-10-25-8-3-2-4-9-25/h5-6,11-12H,2-4,7-10H2,1H3,(H,22,26). The van der Waals surface area contributed by atoms with Crippen molar-refractivity contribution >= 4 is 39.1 Å². The molecule has 1 saturated heterocycles. The molecule has 0 atom stereocenters. The van der Waals surface area contributed by atoms with E-state index < -0.39 is 0 Å². The first-order valence-electron chi connectivity index (χ1n) is 9.20. The van der Waals surface area contributed by atoms with E-state index in [-0.39, 0.29) is 5.91 Å². The van der Waals surface area contributed by atoms with Crippen molar-refractivity contribution in [2.24, 2.45) is 7.05 Å². The Kier molecular flexibility index (Phi) is 5.43. The van der Waals surface area contributed by atoms with E-state index >= 15 is 0 Å². The minimum absolute atomic E-state index is 0.141. The molecule has 0 radical (unpaired) electrons. The van der Waals surface area contributed by atoms with Crippen molar-refractivity contribution in [1.82, 2.24) is 24.8 Å². The number of carbonyl (C=O) groups is 1. The number of hydrogen-bond donors (Lipinski definition) is 1. The Morgan fingerprint density at radius 1 is 1.30 bits per heavy atom. The van der Waals surface area contributed by atoms with Crippen LogP contribution in [0.15, 0.2) is 24.5 Å². The second-order valence-corrected chi connectivity index (χ2v) is 8.26. The number of halogens is 1. The van der Waals surface area contributed by atoms with Gasteiger partial charge in [0, 0.05) is 26.3 Å². The van der Waals surface area contributed by atoms with E-state index in [0.717, 1.165) is 40.4 Å². The van der Waals surface area contributed by atoms with Crippen LogP contribution >= 0.6 is 22.9 Å². The molecular formula is C19H22ClN5OS. The predicted molar refractivity (Wildman–Crippen MR) is 109 cm³/mol. The van der Waals surface area contributed by atoms with Gasteiger partial charge < -0.3 is 14.8 Å². The highest BCUT2D eigenvalue weighted by Gasteiger charge is 2.18. The molecule has 8 heteroatoms. The molecular weight excluding hydrogens is 382 g/mol. The van der Waals surface area contributed by atoms with Gasteiger partial charge in [-0.1, -0.05) is 18.0 Å². The second kappa shape index (κ2) is 7.96. The number of hydrogen-bond acceptors (Lipinski definition) is 5. The van der Waals surface area contributed by atoms with Crippen LogP contribution in [0.1, 0.15) is 29.9 Å². The molecule has 1 aliphatic rings. The Labute approximate surface area is 167 Å². The highest BCUT2D eigenvalue weighted by atomic mass is 35.5. The van der Waals surface area contributed by atoms with Crippen LogP contribution in [-0.4, -0.2) is 51.5 Å². The van der Waals surface area contributed by atoms with Crippen molar-refractivity contribution in [2.75, 3.05) is 26.2 Å². The highest BCUT2D eigenvalue weighted by Crippen LogP contribution is 2.36. The van der Waals surface area contributed by atoms with Gasteiger partial charge in [0.2, 0.25) is 0 Å². The fraction of sp³-hybridized carbons (Fsp3) is 0.421. The topological polar surface area (TPSA) is 63.1 Å². The lowest BCUT2D eigenvalue weighted by atomic mass is 10.1. The molecule has 3 aromatic heterocycles. The van der Waals surface area contributed by atoms with Gasteiger partial charge in [0.05, 0.1) is 32.0 Å². The van der Waals surface area contributed by atoms with Crippen molar-refractivity contribution in [2.45, 2.75) is 19.3 Å². The molecule has 6 nitrogen and oxygen atoms in total. The van der Waals surface area contributed by atoms with Gasteiger partial charge in [-0.3, -0.25) is 9.78 Å². The Morgan fingerprint density at radius 3 is 2.89 bits per heavy atom. The first-order chi connectivity index (χ1) is 13.1. The lowest BCUT2D eigenvalue weighted by molar-refractivity contribution is 0.0933. The third kappa shape index (κ3) is 3.85. The van der Waals surface area contributed by atoms with E-state index in [2.05, 4.69) is 20.2 Å². The van der Waals surface area contributed by atoms with Crippen molar-refractivity contribution in [1.29, 1.82) is 0 Å². The van der Waals surface area contributed by atoms with Gasteiger partial charge in [0.25, 0.3) is 5.91 Å². The Morgan fingerprint density at radius 2 is 2.11 bits per heavy atom. The van der Waals surface area contributed by atoms with Crippen LogP contribution in [0, 0.1) is 0 Å². The van der Waals surface area contributed by atoms with Gasteiger partial charge in [-0.05, 0) is 38.1 Å². The van der Waals surface area contributed by atoms with E-state index in [1.807, 2.05) is 17.7 Å². The van der Waals surface area contributed by atoms with E-state index in [1.165, 1.54) is 19.3 Å². The van der Waals surface area contributed by atoms with E-state index in [0.29, 0.717) is 17.4 Å². The van der Waals surface area contributed by atoms with Crippen LogP contribution in [0.4, 0.5) is 0 Å². The lowest BCUT2D eigenvalue weighted by Gasteiger charge is -2.26. The summed E-state index contributed by atoms with van der Waals surface area (Å²) in [7, 11) is 1.86. The maximum Gasteiger partial charge on any atom is 0.287 e. The number of fused-ring (bicyclic) bond motifs is 1. The summed E-state index contributed by atoms with van der Waals surface area (Å²) in [5, 5.41) is 3.68. The molecule has 4 rings (SSSR count). The monoisotopic (exact) mass is 403 g/mol. The van der Waals surface area contributed by atoms with Gasteiger partial charge in [0.15, 0.2) is 5.82 Å². The van der Waals surface area contributed by atoms with Crippen LogP contribution in [-0.2, 0) is 7.05 Å². The summed E-state index contributed by atoms with van der Waals surface area (Å²) in [4.78, 5) is 24.6. The summed E-state index contributed by atoms with van der Waals surface area (Å²) in [6.07, 6.45) is 7.26. The van der Waals surface area contributed by atoms with Gasteiger partial charge in [-0.2, -0.15) is 0 Å². The fourth-order valence-corrected chi connectivity index (χ4v) is 4.81. The number of piperidine rings is 1. The molecule has 142 valence electrons. The molecule has 27 heavy (non-hydrogen) atoms. The van der Waals surface area contributed by atoms with Crippen molar-refractivity contribution in [3.63, 3.8) is 0 Å². The second-order valence-electron chi connectivity index (χ2n) is 6.80. The van der Waals surface area contributed by atoms with Gasteiger partial charge >= 0.3 is 0 Å². The van der Waals surface area contributed by atoms with Gasteiger partial charge in [-0.25, -0.2) is 4.98 Å². The molecule has 1 N–H and O–H groups in total. The first kappa shape index (κ1) is 18.4. The average molecular weight is 404 g/mol. The van der Waals surface area contributed by atoms with Crippen LogP contribution < -0.4 is 5.32 Å². The molecule has 0 unspecified atom stereocenters. The third-order valence-corrected chi connectivity index (χ3v) is 6.58. The van der Waals surface area contributed by atoms with Gasteiger partial charge in [-0.15, -0.1) is 11.3 Å². The van der Waals surface area contributed by atoms with E-state index in [9.17, 15) is 4.79 Å². The molecule has 1 fully saturated rings. The summed E-state index contributed by atoms with van der Waals surface area (Å²) >= 11 is 7.81. The number of pyridine rings is 1. The number of imidazole rings is 1. The third-order valence-electron chi connectivity index (χ3n) is 4.97. The largest absolute Gasteiger partial charge is 0.348 e. The summed E-state index contributed by atoms with van der Waals surface area (Å²) < 4.78 is 2.78. The van der Waals surface area contributed by atoms with Crippen molar-refractivity contribution in [3.05, 3.63) is 35.4 Å². The zero-order valence-corrected chi connectivity index (χ0v) is 16.8. The molecule has 1 amide bonds. The lowest BCUT2D eigenvalue weighted by Crippen LogP contribution is -2.38. The fourth-order valence-electron chi connectivity index (χ4n) is 3.47. The Balaban J connectivity index is 1.46. The SMILES string of the molecule is Cn1c(-c2cc3nccc(Cl)c3s2)cnc1C(=O)NCCN1CCCCC1. The van der Waals surface area contributed by atoms with Crippen LogP contribution in [0.5, 0.6) is 0 Å². The zero-order valence-electron chi connectivity index (χ0n) is 15.2. The molecule has 4 heterocycles. The predicted octanol–water partition coefficient (Wildman–Crippen LogP) is 3.57. The zero-order chi connectivity index (χ0) is 18.8. The maximum atomic E-state index is 12.5. The van der Waals surface area contributed by atoms with Crippen LogP contribution in [0.3, 0.4) is 0 Å².